The number of hydrogen-bond donors (Lipinski definition) is 3. The lowest BCUT2D eigenvalue weighted by atomic mass is 9.87. The summed E-state index contributed by atoms with van der Waals surface area (Å²) in [5.41, 5.74) is 3.32. The number of carbonyl (C=O) groups excluding carboxylic acids is 2. The zero-order valence-corrected chi connectivity index (χ0v) is 21.8. The normalized spacial score (nSPS) is 12.9. The zero-order valence-electron chi connectivity index (χ0n) is 21.8. The van der Waals surface area contributed by atoms with E-state index in [0.29, 0.717) is 17.7 Å². The van der Waals surface area contributed by atoms with Gasteiger partial charge in [-0.25, -0.2) is 4.98 Å². The van der Waals surface area contributed by atoms with Crippen molar-refractivity contribution in [1.29, 1.82) is 0 Å². The van der Waals surface area contributed by atoms with Crippen molar-refractivity contribution in [1.82, 2.24) is 20.3 Å². The van der Waals surface area contributed by atoms with E-state index >= 15 is 0 Å². The van der Waals surface area contributed by atoms with Crippen LogP contribution in [0.1, 0.15) is 54.0 Å². The SMILES string of the molecule is CC(C)(C)c1ccc(N(C(=O)c2cnc[nH]2)C(C(=O)NC(CO)Cc2ccccc2)c2cccnc2)cc1. The maximum Gasteiger partial charge on any atom is 0.277 e. The maximum absolute atomic E-state index is 13.9. The Labute approximate surface area is 222 Å². The molecule has 4 rings (SSSR count). The monoisotopic (exact) mass is 511 g/mol. The number of anilines is 1. The molecule has 2 heterocycles. The van der Waals surface area contributed by atoms with Gasteiger partial charge in [0.25, 0.3) is 5.91 Å². The number of aromatic nitrogens is 3. The van der Waals surface area contributed by atoms with Crippen molar-refractivity contribution in [2.75, 3.05) is 11.5 Å². The van der Waals surface area contributed by atoms with Crippen LogP contribution in [-0.4, -0.2) is 44.5 Å². The Kier molecular flexibility index (Phi) is 8.33. The summed E-state index contributed by atoms with van der Waals surface area (Å²) in [6, 6.07) is 19.1. The lowest BCUT2D eigenvalue weighted by Crippen LogP contribution is -2.48. The molecule has 0 bridgehead atoms. The molecular weight excluding hydrogens is 478 g/mol. The molecule has 2 aromatic carbocycles. The van der Waals surface area contributed by atoms with Gasteiger partial charge in [0.2, 0.25) is 5.91 Å². The molecule has 196 valence electrons. The first-order chi connectivity index (χ1) is 18.3. The average molecular weight is 512 g/mol. The summed E-state index contributed by atoms with van der Waals surface area (Å²) >= 11 is 0. The summed E-state index contributed by atoms with van der Waals surface area (Å²) in [6.07, 6.45) is 6.49. The van der Waals surface area contributed by atoms with E-state index in [0.717, 1.165) is 11.1 Å². The van der Waals surface area contributed by atoms with Gasteiger partial charge >= 0.3 is 0 Å². The van der Waals surface area contributed by atoms with E-state index in [1.165, 1.54) is 17.4 Å². The van der Waals surface area contributed by atoms with Crippen LogP contribution in [0.2, 0.25) is 0 Å². The fourth-order valence-corrected chi connectivity index (χ4v) is 4.30. The van der Waals surface area contributed by atoms with Crippen molar-refractivity contribution in [3.05, 3.63) is 114 Å². The molecule has 2 atom stereocenters. The third-order valence-corrected chi connectivity index (χ3v) is 6.36. The number of imidazole rings is 1. The Balaban J connectivity index is 1.75. The molecular formula is C30H33N5O3. The molecule has 4 aromatic rings. The lowest BCUT2D eigenvalue weighted by molar-refractivity contribution is -0.123. The smallest absolute Gasteiger partial charge is 0.277 e. The van der Waals surface area contributed by atoms with E-state index in [1.807, 2.05) is 54.6 Å². The molecule has 2 aromatic heterocycles. The van der Waals surface area contributed by atoms with Crippen LogP contribution in [0.15, 0.2) is 91.6 Å². The summed E-state index contributed by atoms with van der Waals surface area (Å²) < 4.78 is 0. The molecule has 0 saturated heterocycles. The van der Waals surface area contributed by atoms with Gasteiger partial charge in [0.05, 0.1) is 25.2 Å². The Hall–Kier alpha value is -4.30. The van der Waals surface area contributed by atoms with Crippen molar-refractivity contribution < 1.29 is 14.7 Å². The number of aliphatic hydroxyl groups is 1. The summed E-state index contributed by atoms with van der Waals surface area (Å²) in [6.45, 7) is 6.09. The number of aromatic amines is 1. The summed E-state index contributed by atoms with van der Waals surface area (Å²) in [4.78, 5) is 40.3. The lowest BCUT2D eigenvalue weighted by Gasteiger charge is -2.32. The topological polar surface area (TPSA) is 111 Å². The van der Waals surface area contributed by atoms with Crippen LogP contribution in [-0.2, 0) is 16.6 Å². The molecule has 8 nitrogen and oxygen atoms in total. The van der Waals surface area contributed by atoms with Gasteiger partial charge in [-0.3, -0.25) is 19.5 Å². The number of benzene rings is 2. The highest BCUT2D eigenvalue weighted by molar-refractivity contribution is 6.09. The van der Waals surface area contributed by atoms with Crippen molar-refractivity contribution in [3.63, 3.8) is 0 Å². The van der Waals surface area contributed by atoms with Crippen molar-refractivity contribution >= 4 is 17.5 Å². The third kappa shape index (κ3) is 6.33. The Morgan fingerprint density at radius 3 is 2.29 bits per heavy atom. The van der Waals surface area contributed by atoms with Crippen LogP contribution in [0.5, 0.6) is 0 Å². The molecule has 2 unspecified atom stereocenters. The van der Waals surface area contributed by atoms with Gasteiger partial charge in [0.15, 0.2) is 0 Å². The van der Waals surface area contributed by atoms with E-state index in [-0.39, 0.29) is 17.7 Å². The van der Waals surface area contributed by atoms with E-state index in [9.17, 15) is 14.7 Å². The first-order valence-electron chi connectivity index (χ1n) is 12.6. The molecule has 0 radical (unpaired) electrons. The van der Waals surface area contributed by atoms with Crippen molar-refractivity contribution in [2.45, 2.75) is 44.7 Å². The minimum Gasteiger partial charge on any atom is -0.394 e. The summed E-state index contributed by atoms with van der Waals surface area (Å²) in [7, 11) is 0. The average Bonchev–Trinajstić information content (AvgIpc) is 3.47. The first kappa shape index (κ1) is 26.8. The van der Waals surface area contributed by atoms with Gasteiger partial charge in [0.1, 0.15) is 11.7 Å². The van der Waals surface area contributed by atoms with E-state index in [1.54, 1.807) is 24.5 Å². The van der Waals surface area contributed by atoms with E-state index < -0.39 is 23.9 Å². The number of H-pyrrole nitrogens is 1. The fourth-order valence-electron chi connectivity index (χ4n) is 4.30. The van der Waals surface area contributed by atoms with Gasteiger partial charge in [-0.2, -0.15) is 0 Å². The molecule has 2 amide bonds. The second kappa shape index (κ2) is 11.8. The second-order valence-corrected chi connectivity index (χ2v) is 10.2. The molecule has 0 aliphatic rings. The van der Waals surface area contributed by atoms with Crippen LogP contribution in [0.25, 0.3) is 0 Å². The minimum absolute atomic E-state index is 0.0807. The summed E-state index contributed by atoms with van der Waals surface area (Å²) in [5.74, 6) is -0.848. The number of nitrogens with zero attached hydrogens (tertiary/aromatic N) is 3. The predicted octanol–water partition coefficient (Wildman–Crippen LogP) is 4.21. The van der Waals surface area contributed by atoms with Crippen molar-refractivity contribution in [2.24, 2.45) is 0 Å². The highest BCUT2D eigenvalue weighted by atomic mass is 16.3. The standard InChI is InChI=1S/C30H33N5O3/c1-30(2,3)23-11-13-25(14-12-23)35(29(38)26-18-32-20-33-26)27(22-10-7-15-31-17-22)28(37)34-24(19-36)16-21-8-5-4-6-9-21/h4-15,17-18,20,24,27,36H,16,19H2,1-3H3,(H,32,33)(H,34,37). The van der Waals surface area contributed by atoms with E-state index in [2.05, 4.69) is 41.0 Å². The van der Waals surface area contributed by atoms with E-state index in [4.69, 9.17) is 0 Å². The summed E-state index contributed by atoms with van der Waals surface area (Å²) in [5, 5.41) is 13.1. The molecule has 38 heavy (non-hydrogen) atoms. The number of nitrogens with one attached hydrogen (secondary N) is 2. The highest BCUT2D eigenvalue weighted by Gasteiger charge is 2.35. The first-order valence-corrected chi connectivity index (χ1v) is 12.6. The number of carbonyl (C=O) groups is 2. The predicted molar refractivity (Wildman–Crippen MR) is 147 cm³/mol. The van der Waals surface area contributed by atoms with Crippen LogP contribution in [0.4, 0.5) is 5.69 Å². The molecule has 8 heteroatoms. The number of rotatable bonds is 9. The molecule has 0 aliphatic carbocycles. The number of amides is 2. The van der Waals surface area contributed by atoms with Crippen LogP contribution in [0, 0.1) is 0 Å². The fraction of sp³-hybridized carbons (Fsp3) is 0.267. The van der Waals surface area contributed by atoms with Crippen LogP contribution in [0.3, 0.4) is 0 Å². The van der Waals surface area contributed by atoms with Gasteiger partial charge < -0.3 is 15.4 Å². The Morgan fingerprint density at radius 2 is 1.71 bits per heavy atom. The van der Waals surface area contributed by atoms with Gasteiger partial charge in [-0.1, -0.05) is 69.3 Å². The molecule has 0 saturated carbocycles. The molecule has 0 aliphatic heterocycles. The minimum atomic E-state index is -1.05. The number of aliphatic hydroxyl groups excluding tert-OH is 1. The van der Waals surface area contributed by atoms with Gasteiger partial charge in [-0.15, -0.1) is 0 Å². The van der Waals surface area contributed by atoms with Crippen LogP contribution >= 0.6 is 0 Å². The second-order valence-electron chi connectivity index (χ2n) is 10.2. The largest absolute Gasteiger partial charge is 0.394 e. The number of hydrogen-bond acceptors (Lipinski definition) is 5. The highest BCUT2D eigenvalue weighted by Crippen LogP contribution is 2.31. The maximum atomic E-state index is 13.9. The quantitative estimate of drug-likeness (QED) is 0.312. The van der Waals surface area contributed by atoms with Gasteiger partial charge in [0, 0.05) is 23.6 Å². The molecule has 3 N–H and O–H groups in total. The number of pyridine rings is 1. The molecule has 0 fully saturated rings. The van der Waals surface area contributed by atoms with Gasteiger partial charge in [-0.05, 0) is 41.2 Å². The Bertz CT molecular complexity index is 1320. The van der Waals surface area contributed by atoms with Crippen LogP contribution < -0.4 is 10.2 Å². The zero-order chi connectivity index (χ0) is 27.1. The molecule has 0 spiro atoms. The Morgan fingerprint density at radius 1 is 0.974 bits per heavy atom. The third-order valence-electron chi connectivity index (χ3n) is 6.36. The van der Waals surface area contributed by atoms with Crippen molar-refractivity contribution in [3.8, 4) is 0 Å².